The van der Waals surface area contributed by atoms with Crippen molar-refractivity contribution < 1.29 is 14.3 Å². The number of ether oxygens (including phenoxy) is 2. The Bertz CT molecular complexity index is 84.3. The van der Waals surface area contributed by atoms with Crippen molar-refractivity contribution in [2.75, 3.05) is 19.8 Å². The van der Waals surface area contributed by atoms with Crippen LogP contribution in [0.15, 0.2) is 0 Å². The molecule has 0 heterocycles. The van der Waals surface area contributed by atoms with Crippen LogP contribution in [0.25, 0.3) is 0 Å². The van der Waals surface area contributed by atoms with E-state index in [1.165, 1.54) is 0 Å². The minimum absolute atomic E-state index is 0.232. The largest absolute Gasteiger partial charge is 0.451 e. The first-order chi connectivity index (χ1) is 4.27. The lowest BCUT2D eigenvalue weighted by Crippen LogP contribution is -2.04. The Balaban J connectivity index is 2.83. The van der Waals surface area contributed by atoms with Crippen molar-refractivity contribution in [1.82, 2.24) is 0 Å². The maximum Gasteiger partial charge on any atom is 0.403 e. The Morgan fingerprint density at radius 1 is 1.56 bits per heavy atom. The van der Waals surface area contributed by atoms with E-state index < -0.39 is 5.43 Å². The van der Waals surface area contributed by atoms with Crippen molar-refractivity contribution in [2.45, 2.75) is 6.92 Å². The molecule has 0 aromatic heterocycles. The highest BCUT2D eigenvalue weighted by atomic mass is 35.5. The van der Waals surface area contributed by atoms with Gasteiger partial charge in [-0.05, 0) is 6.92 Å². The third-order valence-electron chi connectivity index (χ3n) is 0.647. The van der Waals surface area contributed by atoms with E-state index in [1.807, 2.05) is 6.92 Å². The van der Waals surface area contributed by atoms with E-state index in [1.54, 1.807) is 0 Å². The van der Waals surface area contributed by atoms with Crippen LogP contribution in [0.5, 0.6) is 0 Å². The zero-order chi connectivity index (χ0) is 7.11. The highest BCUT2D eigenvalue weighted by molar-refractivity contribution is 6.61. The minimum Gasteiger partial charge on any atom is -0.451 e. The lowest BCUT2D eigenvalue weighted by molar-refractivity contribution is 0.0894. The molecule has 0 saturated carbocycles. The molecule has 0 amide bonds. The number of carbonyl (C=O) groups is 1. The highest BCUT2D eigenvalue weighted by Gasteiger charge is 1.92. The summed E-state index contributed by atoms with van der Waals surface area (Å²) < 4.78 is 9.19. The topological polar surface area (TPSA) is 35.5 Å². The SMILES string of the molecule is CCOCCOC(=O)Cl. The summed E-state index contributed by atoms with van der Waals surface area (Å²) >= 11 is 4.84. The summed E-state index contributed by atoms with van der Waals surface area (Å²) in [6.45, 7) is 3.13. The molecule has 3 nitrogen and oxygen atoms in total. The number of rotatable bonds is 4. The smallest absolute Gasteiger partial charge is 0.403 e. The van der Waals surface area contributed by atoms with Crippen LogP contribution in [0.4, 0.5) is 4.79 Å². The van der Waals surface area contributed by atoms with Gasteiger partial charge in [-0.25, -0.2) is 4.79 Å². The minimum atomic E-state index is -0.783. The van der Waals surface area contributed by atoms with Gasteiger partial charge in [0.05, 0.1) is 6.61 Å². The Kier molecular flexibility index (Phi) is 5.67. The van der Waals surface area contributed by atoms with Gasteiger partial charge in [0.25, 0.3) is 0 Å². The maximum absolute atomic E-state index is 9.89. The molecule has 54 valence electrons. The molecule has 0 bridgehead atoms. The molecule has 0 aromatic rings. The molecule has 0 radical (unpaired) electrons. The van der Waals surface area contributed by atoms with Gasteiger partial charge in [0.2, 0.25) is 0 Å². The molecule has 0 N–H and O–H groups in total. The molecule has 0 aromatic carbocycles. The number of halogens is 1. The normalized spacial score (nSPS) is 9.11. The van der Waals surface area contributed by atoms with E-state index in [0.717, 1.165) is 0 Å². The fourth-order valence-corrected chi connectivity index (χ4v) is 0.402. The summed E-state index contributed by atoms with van der Waals surface area (Å²) in [5.41, 5.74) is -0.783. The van der Waals surface area contributed by atoms with E-state index in [9.17, 15) is 4.79 Å². The van der Waals surface area contributed by atoms with Crippen LogP contribution in [-0.4, -0.2) is 25.2 Å². The average Bonchev–Trinajstić information content (AvgIpc) is 1.80. The predicted molar refractivity (Wildman–Crippen MR) is 33.7 cm³/mol. The molecule has 4 heteroatoms. The first-order valence-electron chi connectivity index (χ1n) is 2.67. The van der Waals surface area contributed by atoms with Crippen molar-refractivity contribution in [2.24, 2.45) is 0 Å². The van der Waals surface area contributed by atoms with Crippen molar-refractivity contribution in [3.63, 3.8) is 0 Å². The van der Waals surface area contributed by atoms with Gasteiger partial charge in [-0.2, -0.15) is 0 Å². The summed E-state index contributed by atoms with van der Waals surface area (Å²) in [5.74, 6) is 0. The molecule has 0 atom stereocenters. The summed E-state index contributed by atoms with van der Waals surface area (Å²) in [7, 11) is 0. The monoisotopic (exact) mass is 152 g/mol. The van der Waals surface area contributed by atoms with Gasteiger partial charge < -0.3 is 9.47 Å². The van der Waals surface area contributed by atoms with Gasteiger partial charge in [-0.15, -0.1) is 0 Å². The van der Waals surface area contributed by atoms with Gasteiger partial charge in [-0.1, -0.05) is 0 Å². The quantitative estimate of drug-likeness (QED) is 0.451. The molecule has 0 aliphatic carbocycles. The molecule has 0 spiro atoms. The van der Waals surface area contributed by atoms with Gasteiger partial charge in [0.15, 0.2) is 0 Å². The van der Waals surface area contributed by atoms with Gasteiger partial charge in [0.1, 0.15) is 6.61 Å². The Hall–Kier alpha value is -0.280. The third kappa shape index (κ3) is 7.72. The summed E-state index contributed by atoms with van der Waals surface area (Å²) in [6.07, 6.45) is 0. The lowest BCUT2D eigenvalue weighted by atomic mass is 10.7. The summed E-state index contributed by atoms with van der Waals surface area (Å²) in [5, 5.41) is 0. The van der Waals surface area contributed by atoms with Crippen molar-refractivity contribution >= 4 is 17.0 Å². The number of carbonyl (C=O) groups excluding carboxylic acids is 1. The third-order valence-corrected chi connectivity index (χ3v) is 0.756. The second-order valence-corrected chi connectivity index (χ2v) is 1.59. The van der Waals surface area contributed by atoms with Crippen molar-refractivity contribution in [3.05, 3.63) is 0 Å². The molecule has 9 heavy (non-hydrogen) atoms. The fourth-order valence-electron chi connectivity index (χ4n) is 0.325. The second-order valence-electron chi connectivity index (χ2n) is 1.28. The van der Waals surface area contributed by atoms with Gasteiger partial charge >= 0.3 is 5.43 Å². The van der Waals surface area contributed by atoms with E-state index in [2.05, 4.69) is 4.74 Å². The summed E-state index contributed by atoms with van der Waals surface area (Å²) in [4.78, 5) is 9.89. The predicted octanol–water partition coefficient (Wildman–Crippen LogP) is 1.40. The van der Waals surface area contributed by atoms with Crippen molar-refractivity contribution in [3.8, 4) is 0 Å². The molecule has 0 rings (SSSR count). The summed E-state index contributed by atoms with van der Waals surface area (Å²) in [6, 6.07) is 0. The molecular formula is C5H9ClO3. The van der Waals surface area contributed by atoms with Crippen LogP contribution >= 0.6 is 11.6 Å². The molecule has 0 aliphatic rings. The second kappa shape index (κ2) is 5.85. The zero-order valence-corrected chi connectivity index (χ0v) is 5.98. The molecular weight excluding hydrogens is 144 g/mol. The molecule has 0 fully saturated rings. The van der Waals surface area contributed by atoms with E-state index in [0.29, 0.717) is 13.2 Å². The van der Waals surface area contributed by atoms with Gasteiger partial charge in [-0.3, -0.25) is 0 Å². The molecule has 0 aliphatic heterocycles. The van der Waals surface area contributed by atoms with Crippen molar-refractivity contribution in [1.29, 1.82) is 0 Å². The zero-order valence-electron chi connectivity index (χ0n) is 5.22. The number of hydrogen-bond acceptors (Lipinski definition) is 3. The van der Waals surface area contributed by atoms with Crippen LogP contribution in [-0.2, 0) is 9.47 Å². The van der Waals surface area contributed by atoms with Gasteiger partial charge in [0, 0.05) is 18.2 Å². The lowest BCUT2D eigenvalue weighted by Gasteiger charge is -1.98. The van der Waals surface area contributed by atoms with Crippen LogP contribution in [0.1, 0.15) is 6.92 Å². The van der Waals surface area contributed by atoms with Crippen LogP contribution < -0.4 is 0 Å². The maximum atomic E-state index is 9.89. The van der Waals surface area contributed by atoms with E-state index in [4.69, 9.17) is 16.3 Å². The standard InChI is InChI=1S/C5H9ClO3/c1-2-8-3-4-9-5(6)7/h2-4H2,1H3. The van der Waals surface area contributed by atoms with Crippen LogP contribution in [0.2, 0.25) is 0 Å². The Labute approximate surface area is 58.9 Å². The molecule has 0 saturated heterocycles. The van der Waals surface area contributed by atoms with Crippen LogP contribution in [0, 0.1) is 0 Å². The molecule has 0 unspecified atom stereocenters. The van der Waals surface area contributed by atoms with Crippen LogP contribution in [0.3, 0.4) is 0 Å². The Morgan fingerprint density at radius 2 is 2.22 bits per heavy atom. The first kappa shape index (κ1) is 8.72. The average molecular weight is 153 g/mol. The first-order valence-corrected chi connectivity index (χ1v) is 3.05. The number of hydrogen-bond donors (Lipinski definition) is 0. The van der Waals surface area contributed by atoms with E-state index in [-0.39, 0.29) is 6.61 Å². The Morgan fingerprint density at radius 3 is 2.67 bits per heavy atom. The highest BCUT2D eigenvalue weighted by Crippen LogP contribution is 1.85. The van der Waals surface area contributed by atoms with E-state index >= 15 is 0 Å². The fraction of sp³-hybridized carbons (Fsp3) is 0.800.